The number of benzene rings is 2. The molecule has 0 atom stereocenters. The molecule has 0 aliphatic carbocycles. The third-order valence-electron chi connectivity index (χ3n) is 3.78. The van der Waals surface area contributed by atoms with Gasteiger partial charge >= 0.3 is 12.4 Å². The second-order valence-corrected chi connectivity index (χ2v) is 5.55. The molecular formula is C17H14F6N2O. The van der Waals surface area contributed by atoms with Crippen LogP contribution in [0.1, 0.15) is 27.8 Å². The van der Waals surface area contributed by atoms with Crippen LogP contribution in [0.15, 0.2) is 47.6 Å². The Hall–Kier alpha value is -2.71. The molecule has 26 heavy (non-hydrogen) atoms. The highest BCUT2D eigenvalue weighted by molar-refractivity contribution is 5.97. The summed E-state index contributed by atoms with van der Waals surface area (Å²) in [7, 11) is 0. The van der Waals surface area contributed by atoms with Crippen molar-refractivity contribution in [1.29, 1.82) is 0 Å². The molecule has 2 rings (SSSR count). The average Bonchev–Trinajstić information content (AvgIpc) is 2.58. The van der Waals surface area contributed by atoms with E-state index < -0.39 is 29.3 Å². The molecule has 0 amide bonds. The first-order valence-corrected chi connectivity index (χ1v) is 7.36. The molecule has 0 heterocycles. The van der Waals surface area contributed by atoms with Crippen LogP contribution < -0.4 is 5.73 Å². The molecule has 0 aromatic heterocycles. The molecular weight excluding hydrogens is 362 g/mol. The highest BCUT2D eigenvalue weighted by Gasteiger charge is 2.34. The van der Waals surface area contributed by atoms with Crippen LogP contribution in [0, 0.1) is 0 Å². The van der Waals surface area contributed by atoms with Crippen molar-refractivity contribution in [3.05, 3.63) is 70.3 Å². The fourth-order valence-corrected chi connectivity index (χ4v) is 2.41. The fourth-order valence-electron chi connectivity index (χ4n) is 2.41. The minimum absolute atomic E-state index is 0.0311. The molecule has 3 nitrogen and oxygen atoms in total. The lowest BCUT2D eigenvalue weighted by atomic mass is 9.96. The molecule has 0 bridgehead atoms. The summed E-state index contributed by atoms with van der Waals surface area (Å²) in [6.07, 6.45) is -9.02. The van der Waals surface area contributed by atoms with Crippen LogP contribution in [0.5, 0.6) is 0 Å². The largest absolute Gasteiger partial charge is 0.416 e. The number of oxime groups is 1. The number of aryl methyl sites for hydroxylation is 2. The minimum Gasteiger partial charge on any atom is -0.409 e. The van der Waals surface area contributed by atoms with Crippen LogP contribution in [-0.2, 0) is 25.2 Å². The van der Waals surface area contributed by atoms with Gasteiger partial charge in [0.2, 0.25) is 0 Å². The predicted molar refractivity (Wildman–Crippen MR) is 82.8 cm³/mol. The van der Waals surface area contributed by atoms with Crippen LogP contribution in [0.4, 0.5) is 26.3 Å². The van der Waals surface area contributed by atoms with Crippen LogP contribution in [0.2, 0.25) is 0 Å². The maximum Gasteiger partial charge on any atom is 0.416 e. The van der Waals surface area contributed by atoms with E-state index in [4.69, 9.17) is 10.9 Å². The summed E-state index contributed by atoms with van der Waals surface area (Å²) in [5.74, 6) is -0.454. The third kappa shape index (κ3) is 4.68. The standard InChI is InChI=1S/C17H14F6N2O/c18-16(19,20)13-7-2-10(3-8-13)1-4-11-5-6-12(15(24)25-26)9-14(11)17(21,22)23/h2-3,5-9,26H,1,4H2,(H2,24,25). The van der Waals surface area contributed by atoms with Gasteiger partial charge in [-0.05, 0) is 42.2 Å². The smallest absolute Gasteiger partial charge is 0.409 e. The number of halogens is 6. The molecule has 2 aromatic rings. The summed E-state index contributed by atoms with van der Waals surface area (Å²) in [5.41, 5.74) is 3.91. The zero-order valence-electron chi connectivity index (χ0n) is 13.2. The van der Waals surface area contributed by atoms with Crippen molar-refractivity contribution < 1.29 is 31.5 Å². The van der Waals surface area contributed by atoms with E-state index in [-0.39, 0.29) is 24.0 Å². The molecule has 9 heteroatoms. The summed E-state index contributed by atoms with van der Waals surface area (Å²) in [5, 5.41) is 11.3. The van der Waals surface area contributed by atoms with Gasteiger partial charge in [0.15, 0.2) is 5.84 Å². The molecule has 2 aromatic carbocycles. The van der Waals surface area contributed by atoms with Gasteiger partial charge in [-0.2, -0.15) is 26.3 Å². The van der Waals surface area contributed by atoms with Gasteiger partial charge < -0.3 is 10.9 Å². The van der Waals surface area contributed by atoms with Gasteiger partial charge in [0.1, 0.15) is 0 Å². The lowest BCUT2D eigenvalue weighted by Gasteiger charge is -2.14. The molecule has 0 saturated heterocycles. The summed E-state index contributed by atoms with van der Waals surface area (Å²) in [4.78, 5) is 0. The SMILES string of the molecule is N/C(=N\O)c1ccc(CCc2ccc(C(F)(F)F)cc2)c(C(F)(F)F)c1. The number of hydrogen-bond donors (Lipinski definition) is 2. The topological polar surface area (TPSA) is 58.6 Å². The van der Waals surface area contributed by atoms with Crippen molar-refractivity contribution in [2.75, 3.05) is 0 Å². The summed E-state index contributed by atoms with van der Waals surface area (Å²) in [6.45, 7) is 0. The van der Waals surface area contributed by atoms with Crippen molar-refractivity contribution >= 4 is 5.84 Å². The molecule has 0 unspecified atom stereocenters. The van der Waals surface area contributed by atoms with Crippen molar-refractivity contribution in [3.63, 3.8) is 0 Å². The second kappa shape index (κ2) is 7.27. The highest BCUT2D eigenvalue weighted by Crippen LogP contribution is 2.34. The van der Waals surface area contributed by atoms with Crippen molar-refractivity contribution in [2.24, 2.45) is 10.9 Å². The summed E-state index contributed by atoms with van der Waals surface area (Å²) in [6, 6.07) is 7.52. The van der Waals surface area contributed by atoms with Crippen LogP contribution in [0.3, 0.4) is 0 Å². The minimum atomic E-state index is -4.65. The van der Waals surface area contributed by atoms with Crippen LogP contribution in [0.25, 0.3) is 0 Å². The lowest BCUT2D eigenvalue weighted by Crippen LogP contribution is -2.17. The maximum absolute atomic E-state index is 13.2. The quantitative estimate of drug-likeness (QED) is 0.269. The predicted octanol–water partition coefficient (Wildman–Crippen LogP) is 4.60. The Kier molecular flexibility index (Phi) is 5.48. The number of hydrogen-bond acceptors (Lipinski definition) is 2. The number of alkyl halides is 6. The van der Waals surface area contributed by atoms with E-state index in [1.54, 1.807) is 0 Å². The summed E-state index contributed by atoms with van der Waals surface area (Å²) >= 11 is 0. The Morgan fingerprint density at radius 1 is 0.885 bits per heavy atom. The van der Waals surface area contributed by atoms with E-state index in [9.17, 15) is 26.3 Å². The van der Waals surface area contributed by atoms with E-state index in [1.165, 1.54) is 24.3 Å². The van der Waals surface area contributed by atoms with Crippen LogP contribution in [-0.4, -0.2) is 11.0 Å². The first-order valence-electron chi connectivity index (χ1n) is 7.36. The maximum atomic E-state index is 13.2. The Labute approximate surface area is 144 Å². The van der Waals surface area contributed by atoms with Gasteiger partial charge in [-0.1, -0.05) is 29.4 Å². The molecule has 0 spiro atoms. The molecule has 0 aliphatic heterocycles. The highest BCUT2D eigenvalue weighted by atomic mass is 19.4. The van der Waals surface area contributed by atoms with Gasteiger partial charge in [-0.3, -0.25) is 0 Å². The Morgan fingerprint density at radius 3 is 2.00 bits per heavy atom. The molecule has 0 aliphatic rings. The number of nitrogens with zero attached hydrogens (tertiary/aromatic N) is 1. The van der Waals surface area contributed by atoms with Gasteiger partial charge in [-0.15, -0.1) is 0 Å². The lowest BCUT2D eigenvalue weighted by molar-refractivity contribution is -0.138. The number of amidine groups is 1. The van der Waals surface area contributed by atoms with Gasteiger partial charge in [-0.25, -0.2) is 0 Å². The van der Waals surface area contributed by atoms with Gasteiger partial charge in [0.25, 0.3) is 0 Å². The monoisotopic (exact) mass is 376 g/mol. The van der Waals surface area contributed by atoms with Crippen molar-refractivity contribution in [3.8, 4) is 0 Å². The van der Waals surface area contributed by atoms with E-state index in [1.807, 2.05) is 0 Å². The molecule has 0 fully saturated rings. The third-order valence-corrected chi connectivity index (χ3v) is 3.78. The first kappa shape index (κ1) is 19.6. The van der Waals surface area contributed by atoms with E-state index in [0.29, 0.717) is 5.56 Å². The zero-order valence-corrected chi connectivity index (χ0v) is 13.2. The van der Waals surface area contributed by atoms with E-state index >= 15 is 0 Å². The molecule has 3 N–H and O–H groups in total. The first-order chi connectivity index (χ1) is 12.0. The second-order valence-electron chi connectivity index (χ2n) is 5.55. The molecule has 140 valence electrons. The number of rotatable bonds is 4. The van der Waals surface area contributed by atoms with Gasteiger partial charge in [0.05, 0.1) is 11.1 Å². The zero-order chi connectivity index (χ0) is 19.5. The average molecular weight is 376 g/mol. The number of nitrogens with two attached hydrogens (primary N) is 1. The summed E-state index contributed by atoms with van der Waals surface area (Å²) < 4.78 is 77.3. The van der Waals surface area contributed by atoms with Crippen molar-refractivity contribution in [2.45, 2.75) is 25.2 Å². The Morgan fingerprint density at radius 2 is 1.50 bits per heavy atom. The molecule has 0 saturated carbocycles. The van der Waals surface area contributed by atoms with Crippen molar-refractivity contribution in [1.82, 2.24) is 0 Å². The Bertz CT molecular complexity index is 794. The van der Waals surface area contributed by atoms with E-state index in [2.05, 4.69) is 5.16 Å². The normalized spacial score (nSPS) is 13.1. The van der Waals surface area contributed by atoms with Crippen LogP contribution >= 0.6 is 0 Å². The fraction of sp³-hybridized carbons (Fsp3) is 0.235. The Balaban J connectivity index is 2.24. The van der Waals surface area contributed by atoms with E-state index in [0.717, 1.165) is 18.2 Å². The van der Waals surface area contributed by atoms with Gasteiger partial charge in [0, 0.05) is 5.56 Å². The molecule has 0 radical (unpaired) electrons.